The van der Waals surface area contributed by atoms with E-state index in [1.54, 1.807) is 6.92 Å². The van der Waals surface area contributed by atoms with Crippen LogP contribution in [0, 0.1) is 0 Å². The molecule has 0 saturated heterocycles. The summed E-state index contributed by atoms with van der Waals surface area (Å²) in [6, 6.07) is 7.78. The lowest BCUT2D eigenvalue weighted by Crippen LogP contribution is -2.39. The van der Waals surface area contributed by atoms with Crippen molar-refractivity contribution < 1.29 is 4.79 Å². The zero-order valence-corrected chi connectivity index (χ0v) is 12.6. The number of hydrogen-bond acceptors (Lipinski definition) is 3. The average molecular weight is 289 g/mol. The summed E-state index contributed by atoms with van der Waals surface area (Å²) < 4.78 is 0. The molecule has 1 rings (SSSR count). The van der Waals surface area contributed by atoms with E-state index in [1.165, 1.54) is 4.90 Å². The maximum Gasteiger partial charge on any atom is 0.237 e. The Balaban J connectivity index is 0.00000289. The molecule has 0 aliphatic rings. The first-order chi connectivity index (χ1) is 8.04. The molecule has 0 radical (unpaired) electrons. The number of nitrogens with two attached hydrogens (primary N) is 1. The molecule has 3 N–H and O–H groups in total. The number of nitrogens with one attached hydrogen (secondary N) is 1. The van der Waals surface area contributed by atoms with Crippen LogP contribution in [-0.2, 0) is 4.79 Å². The highest BCUT2D eigenvalue weighted by Gasteiger charge is 2.12. The minimum absolute atomic E-state index is 0. The quantitative estimate of drug-likeness (QED) is 0.819. The molecule has 102 valence electrons. The van der Waals surface area contributed by atoms with Crippen molar-refractivity contribution >= 4 is 30.1 Å². The van der Waals surface area contributed by atoms with Crippen molar-refractivity contribution in [2.24, 2.45) is 5.73 Å². The molecule has 0 aromatic heterocycles. The van der Waals surface area contributed by atoms with E-state index in [4.69, 9.17) is 5.73 Å². The lowest BCUT2D eigenvalue weighted by atomic mass is 10.1. The van der Waals surface area contributed by atoms with E-state index >= 15 is 0 Å². The Bertz CT molecular complexity index is 368. The van der Waals surface area contributed by atoms with Crippen LogP contribution in [0.15, 0.2) is 29.2 Å². The van der Waals surface area contributed by atoms with Crippen LogP contribution in [0.2, 0.25) is 0 Å². The van der Waals surface area contributed by atoms with Gasteiger partial charge in [0, 0.05) is 4.90 Å². The lowest BCUT2D eigenvalue weighted by molar-refractivity contribution is -0.122. The number of carbonyl (C=O) groups is 1. The van der Waals surface area contributed by atoms with Crippen molar-refractivity contribution in [3.05, 3.63) is 29.8 Å². The van der Waals surface area contributed by atoms with E-state index < -0.39 is 6.04 Å². The molecule has 0 fully saturated rings. The molecule has 3 nitrogen and oxygen atoms in total. The minimum atomic E-state index is -0.465. The molecular formula is C13H21ClN2OS. The number of amides is 1. The van der Waals surface area contributed by atoms with Gasteiger partial charge < -0.3 is 11.1 Å². The summed E-state index contributed by atoms with van der Waals surface area (Å²) >= 11 is 1.81. The molecule has 0 bridgehead atoms. The highest BCUT2D eigenvalue weighted by Crippen LogP contribution is 2.20. The third kappa shape index (κ3) is 5.29. The summed E-state index contributed by atoms with van der Waals surface area (Å²) in [4.78, 5) is 12.7. The normalized spacial score (nSPS) is 13.3. The van der Waals surface area contributed by atoms with Crippen LogP contribution in [-0.4, -0.2) is 17.7 Å². The van der Waals surface area contributed by atoms with Gasteiger partial charge in [0.05, 0.1) is 12.1 Å². The fourth-order valence-electron chi connectivity index (χ4n) is 1.45. The zero-order valence-electron chi connectivity index (χ0n) is 11.0. The summed E-state index contributed by atoms with van der Waals surface area (Å²) in [6.45, 7) is 5.77. The fourth-order valence-corrected chi connectivity index (χ4v) is 2.11. The van der Waals surface area contributed by atoms with Crippen molar-refractivity contribution in [3.63, 3.8) is 0 Å². The topological polar surface area (TPSA) is 55.1 Å². The largest absolute Gasteiger partial charge is 0.348 e. The van der Waals surface area contributed by atoms with Gasteiger partial charge in [-0.25, -0.2) is 0 Å². The maximum absolute atomic E-state index is 11.5. The second-order valence-electron chi connectivity index (χ2n) is 4.02. The van der Waals surface area contributed by atoms with Gasteiger partial charge in [-0.05, 0) is 37.3 Å². The van der Waals surface area contributed by atoms with Crippen molar-refractivity contribution in [2.75, 3.05) is 5.75 Å². The van der Waals surface area contributed by atoms with Gasteiger partial charge in [0.25, 0.3) is 0 Å². The first kappa shape index (κ1) is 17.3. The summed E-state index contributed by atoms with van der Waals surface area (Å²) in [5.74, 6) is 0.945. The number of hydrogen-bond donors (Lipinski definition) is 2. The summed E-state index contributed by atoms with van der Waals surface area (Å²) in [6.07, 6.45) is 0. The molecule has 5 heteroatoms. The van der Waals surface area contributed by atoms with Gasteiger partial charge in [-0.1, -0.05) is 19.1 Å². The van der Waals surface area contributed by atoms with Crippen LogP contribution in [0.3, 0.4) is 0 Å². The fraction of sp³-hybridized carbons (Fsp3) is 0.462. The highest BCUT2D eigenvalue weighted by atomic mass is 35.5. The molecule has 1 aromatic carbocycles. The molecule has 1 amide bonds. The smallest absolute Gasteiger partial charge is 0.237 e. The summed E-state index contributed by atoms with van der Waals surface area (Å²) in [5, 5.41) is 2.88. The number of rotatable bonds is 5. The Hall–Kier alpha value is -0.710. The Morgan fingerprint density at radius 1 is 1.33 bits per heavy atom. The van der Waals surface area contributed by atoms with Crippen molar-refractivity contribution in [1.82, 2.24) is 5.32 Å². The molecule has 1 unspecified atom stereocenters. The Kier molecular flexibility index (Phi) is 8.07. The van der Waals surface area contributed by atoms with Crippen LogP contribution < -0.4 is 11.1 Å². The third-order valence-corrected chi connectivity index (χ3v) is 3.36. The SMILES string of the molecule is CCSc1ccc(C(C)NC(=O)[C@@H](C)N)cc1.Cl. The molecule has 0 heterocycles. The van der Waals surface area contributed by atoms with E-state index in [1.807, 2.05) is 30.8 Å². The highest BCUT2D eigenvalue weighted by molar-refractivity contribution is 7.99. The first-order valence-corrected chi connectivity index (χ1v) is 6.82. The Labute approximate surface area is 119 Å². The van der Waals surface area contributed by atoms with E-state index in [2.05, 4.69) is 24.4 Å². The zero-order chi connectivity index (χ0) is 12.8. The summed E-state index contributed by atoms with van der Waals surface area (Å²) in [5.41, 5.74) is 6.61. The third-order valence-electron chi connectivity index (χ3n) is 2.46. The number of thioether (sulfide) groups is 1. The van der Waals surface area contributed by atoms with Crippen molar-refractivity contribution in [2.45, 2.75) is 37.8 Å². The second kappa shape index (κ2) is 8.40. The molecule has 0 aliphatic carbocycles. The molecule has 18 heavy (non-hydrogen) atoms. The van der Waals surface area contributed by atoms with E-state index in [9.17, 15) is 4.79 Å². The second-order valence-corrected chi connectivity index (χ2v) is 5.36. The van der Waals surface area contributed by atoms with Gasteiger partial charge >= 0.3 is 0 Å². The van der Waals surface area contributed by atoms with E-state index in [-0.39, 0.29) is 24.4 Å². The van der Waals surface area contributed by atoms with Crippen LogP contribution >= 0.6 is 24.2 Å². The van der Waals surface area contributed by atoms with Gasteiger partial charge in [-0.15, -0.1) is 24.2 Å². The van der Waals surface area contributed by atoms with Gasteiger partial charge in [-0.3, -0.25) is 4.79 Å². The van der Waals surface area contributed by atoms with E-state index in [0.717, 1.165) is 11.3 Å². The van der Waals surface area contributed by atoms with Crippen LogP contribution in [0.5, 0.6) is 0 Å². The Morgan fingerprint density at radius 2 is 1.89 bits per heavy atom. The number of benzene rings is 1. The van der Waals surface area contributed by atoms with Crippen LogP contribution in [0.4, 0.5) is 0 Å². The van der Waals surface area contributed by atoms with Gasteiger partial charge in [0.1, 0.15) is 0 Å². The van der Waals surface area contributed by atoms with Crippen molar-refractivity contribution in [1.29, 1.82) is 0 Å². The van der Waals surface area contributed by atoms with E-state index in [0.29, 0.717) is 0 Å². The predicted molar refractivity (Wildman–Crippen MR) is 80.3 cm³/mol. The Morgan fingerprint density at radius 3 is 2.33 bits per heavy atom. The predicted octanol–water partition coefficient (Wildman–Crippen LogP) is 2.74. The summed E-state index contributed by atoms with van der Waals surface area (Å²) in [7, 11) is 0. The number of halogens is 1. The molecule has 2 atom stereocenters. The van der Waals surface area contributed by atoms with Gasteiger partial charge in [0.2, 0.25) is 5.91 Å². The molecule has 1 aromatic rings. The van der Waals surface area contributed by atoms with Crippen LogP contribution in [0.1, 0.15) is 32.4 Å². The molecule has 0 saturated carbocycles. The number of carbonyl (C=O) groups excluding carboxylic acids is 1. The monoisotopic (exact) mass is 288 g/mol. The average Bonchev–Trinajstić information content (AvgIpc) is 2.30. The maximum atomic E-state index is 11.5. The molecule has 0 aliphatic heterocycles. The molecule has 0 spiro atoms. The minimum Gasteiger partial charge on any atom is -0.348 e. The lowest BCUT2D eigenvalue weighted by Gasteiger charge is -2.16. The molecular weight excluding hydrogens is 268 g/mol. The van der Waals surface area contributed by atoms with Crippen LogP contribution in [0.25, 0.3) is 0 Å². The van der Waals surface area contributed by atoms with Crippen molar-refractivity contribution in [3.8, 4) is 0 Å². The van der Waals surface area contributed by atoms with Gasteiger partial charge in [-0.2, -0.15) is 0 Å². The first-order valence-electron chi connectivity index (χ1n) is 5.83. The standard InChI is InChI=1S/C13H20N2OS.ClH/c1-4-17-12-7-5-11(6-8-12)10(3)15-13(16)9(2)14;/h5-10H,4,14H2,1-3H3,(H,15,16);1H/t9-,10?;/m1./s1. The van der Waals surface area contributed by atoms with Gasteiger partial charge in [0.15, 0.2) is 0 Å².